The molecule has 13 heavy (non-hydrogen) atoms. The molecule has 0 radical (unpaired) electrons. The van der Waals surface area contributed by atoms with Crippen molar-refractivity contribution in [3.63, 3.8) is 0 Å². The van der Waals surface area contributed by atoms with Crippen molar-refractivity contribution in [2.45, 2.75) is 26.7 Å². The van der Waals surface area contributed by atoms with Gasteiger partial charge in [-0.15, -0.1) is 0 Å². The van der Waals surface area contributed by atoms with Crippen LogP contribution in [0.1, 0.15) is 26.7 Å². The molecule has 0 aliphatic rings. The van der Waals surface area contributed by atoms with Crippen molar-refractivity contribution in [3.8, 4) is 0 Å². The molecule has 0 amide bonds. The predicted octanol–water partition coefficient (Wildman–Crippen LogP) is -0.335. The molecule has 0 aromatic carbocycles. The Morgan fingerprint density at radius 3 is 1.31 bits per heavy atom. The molecule has 0 rings (SSSR count). The Bertz CT molecular complexity index is 163. The van der Waals surface area contributed by atoms with Crippen LogP contribution in [0.5, 0.6) is 0 Å². The standard InChI is InChI=1S/C7H12O4.K.Li.2H/c1-3-7(4-2,5(8)9)6(10)11;;;;/h3-4H2,1-2H3,(H,8,9)(H,10,11);;;;. The summed E-state index contributed by atoms with van der Waals surface area (Å²) in [4.78, 5) is 21.1. The molecule has 0 heterocycles. The fraction of sp³-hybridized carbons (Fsp3) is 0.714. The second-order valence-electron chi connectivity index (χ2n) is 2.40. The van der Waals surface area contributed by atoms with Crippen LogP contribution in [-0.2, 0) is 9.59 Å². The minimum atomic E-state index is -1.58. The summed E-state index contributed by atoms with van der Waals surface area (Å²) in [5.74, 6) is -2.51. The summed E-state index contributed by atoms with van der Waals surface area (Å²) in [6, 6.07) is 0. The van der Waals surface area contributed by atoms with Crippen LogP contribution in [0.4, 0.5) is 0 Å². The van der Waals surface area contributed by atoms with Crippen LogP contribution in [-0.4, -0.2) is 92.4 Å². The van der Waals surface area contributed by atoms with Crippen LogP contribution >= 0.6 is 0 Å². The average Bonchev–Trinajstić information content (AvgIpc) is 1.90. The van der Waals surface area contributed by atoms with Crippen molar-refractivity contribution in [2.75, 3.05) is 0 Å². The molecular formula is C7H14KLiO4. The fourth-order valence-electron chi connectivity index (χ4n) is 0.946. The van der Waals surface area contributed by atoms with Gasteiger partial charge in [-0.25, -0.2) is 0 Å². The SMILES string of the molecule is CCC(CC)(C(=O)O)C(=O)O.[KH].[LiH]. The fourth-order valence-corrected chi connectivity index (χ4v) is 0.946. The van der Waals surface area contributed by atoms with Crippen molar-refractivity contribution < 1.29 is 19.8 Å². The van der Waals surface area contributed by atoms with Crippen molar-refractivity contribution in [1.82, 2.24) is 0 Å². The van der Waals surface area contributed by atoms with Gasteiger partial charge in [-0.3, -0.25) is 9.59 Å². The number of aliphatic carboxylic acids is 2. The molecule has 0 saturated heterocycles. The average molecular weight is 208 g/mol. The van der Waals surface area contributed by atoms with Gasteiger partial charge in [0.1, 0.15) is 0 Å². The normalized spacial score (nSPS) is 9.38. The number of carboxylic acids is 2. The minimum absolute atomic E-state index is 0. The van der Waals surface area contributed by atoms with E-state index < -0.39 is 17.4 Å². The quantitative estimate of drug-likeness (QED) is 0.490. The second-order valence-corrected chi connectivity index (χ2v) is 2.40. The molecule has 0 aromatic rings. The Hall–Kier alpha value is 1.17. The zero-order chi connectivity index (χ0) is 9.07. The molecule has 0 atom stereocenters. The van der Waals surface area contributed by atoms with Gasteiger partial charge < -0.3 is 10.2 Å². The van der Waals surface area contributed by atoms with Crippen LogP contribution in [0.2, 0.25) is 0 Å². The molecule has 0 aliphatic carbocycles. The van der Waals surface area contributed by atoms with Crippen molar-refractivity contribution in [2.24, 2.45) is 5.41 Å². The molecule has 0 unspecified atom stereocenters. The third-order valence-corrected chi connectivity index (χ3v) is 2.03. The Morgan fingerprint density at radius 2 is 1.31 bits per heavy atom. The summed E-state index contributed by atoms with van der Waals surface area (Å²) < 4.78 is 0. The monoisotopic (exact) mass is 208 g/mol. The topological polar surface area (TPSA) is 74.6 Å². The van der Waals surface area contributed by atoms with E-state index in [1.54, 1.807) is 13.8 Å². The summed E-state index contributed by atoms with van der Waals surface area (Å²) in [7, 11) is 0. The van der Waals surface area contributed by atoms with Gasteiger partial charge in [0.05, 0.1) is 0 Å². The van der Waals surface area contributed by atoms with E-state index in [4.69, 9.17) is 10.2 Å². The zero-order valence-electron chi connectivity index (χ0n) is 6.63. The van der Waals surface area contributed by atoms with E-state index in [-0.39, 0.29) is 83.1 Å². The van der Waals surface area contributed by atoms with Gasteiger partial charge >= 0.3 is 82.2 Å². The van der Waals surface area contributed by atoms with Crippen LogP contribution in [0.15, 0.2) is 0 Å². The van der Waals surface area contributed by atoms with E-state index in [1.165, 1.54) is 0 Å². The van der Waals surface area contributed by atoms with Gasteiger partial charge in [-0.2, -0.15) is 0 Å². The van der Waals surface area contributed by atoms with Gasteiger partial charge in [0.15, 0.2) is 5.41 Å². The first-order valence-electron chi connectivity index (χ1n) is 3.48. The summed E-state index contributed by atoms with van der Waals surface area (Å²) in [6.07, 6.45) is 0.238. The van der Waals surface area contributed by atoms with Crippen molar-refractivity contribution >= 4 is 82.2 Å². The molecule has 2 N–H and O–H groups in total. The number of hydrogen-bond donors (Lipinski definition) is 2. The number of hydrogen-bond acceptors (Lipinski definition) is 2. The Labute approximate surface area is 132 Å². The van der Waals surface area contributed by atoms with E-state index in [9.17, 15) is 9.59 Å². The molecule has 0 aromatic heterocycles. The van der Waals surface area contributed by atoms with E-state index in [0.717, 1.165) is 0 Å². The van der Waals surface area contributed by atoms with Gasteiger partial charge in [0.2, 0.25) is 0 Å². The summed E-state index contributed by atoms with van der Waals surface area (Å²) in [5.41, 5.74) is -1.58. The molecule has 4 nitrogen and oxygen atoms in total. The van der Waals surface area contributed by atoms with Gasteiger partial charge in [0, 0.05) is 0 Å². The number of carboxylic acid groups (broad SMARTS) is 2. The van der Waals surface area contributed by atoms with E-state index in [1.807, 2.05) is 0 Å². The molecule has 0 aliphatic heterocycles. The van der Waals surface area contributed by atoms with Crippen LogP contribution in [0.3, 0.4) is 0 Å². The van der Waals surface area contributed by atoms with Crippen LogP contribution in [0, 0.1) is 5.41 Å². The first-order valence-corrected chi connectivity index (χ1v) is 3.48. The molecule has 6 heteroatoms. The second kappa shape index (κ2) is 8.48. The summed E-state index contributed by atoms with van der Waals surface area (Å²) in [5, 5.41) is 17.2. The first-order chi connectivity index (χ1) is 5.01. The first kappa shape index (κ1) is 19.7. The van der Waals surface area contributed by atoms with Crippen LogP contribution < -0.4 is 0 Å². The van der Waals surface area contributed by atoms with Crippen LogP contribution in [0.25, 0.3) is 0 Å². The van der Waals surface area contributed by atoms with Gasteiger partial charge in [-0.05, 0) is 12.8 Å². The van der Waals surface area contributed by atoms with Gasteiger partial charge in [-0.1, -0.05) is 13.8 Å². The van der Waals surface area contributed by atoms with Crippen molar-refractivity contribution in [3.05, 3.63) is 0 Å². The number of rotatable bonds is 4. The summed E-state index contributed by atoms with van der Waals surface area (Å²) >= 11 is 0. The maximum atomic E-state index is 10.5. The van der Waals surface area contributed by atoms with Crippen molar-refractivity contribution in [1.29, 1.82) is 0 Å². The summed E-state index contributed by atoms with van der Waals surface area (Å²) in [6.45, 7) is 3.12. The molecular weight excluding hydrogens is 194 g/mol. The molecule has 0 fully saturated rings. The Kier molecular flexibility index (Phi) is 12.9. The van der Waals surface area contributed by atoms with E-state index >= 15 is 0 Å². The molecule has 68 valence electrons. The molecule has 0 saturated carbocycles. The predicted molar refractivity (Wildman–Crippen MR) is 52.6 cm³/mol. The third-order valence-electron chi connectivity index (χ3n) is 2.03. The third kappa shape index (κ3) is 4.47. The maximum absolute atomic E-state index is 10.5. The molecule has 0 spiro atoms. The number of carbonyl (C=O) groups is 2. The zero-order valence-corrected chi connectivity index (χ0v) is 6.63. The van der Waals surface area contributed by atoms with E-state index in [2.05, 4.69) is 0 Å². The Balaban J connectivity index is -0.000000500. The molecule has 0 bridgehead atoms. The Morgan fingerprint density at radius 1 is 1.08 bits per heavy atom. The van der Waals surface area contributed by atoms with E-state index in [0.29, 0.717) is 0 Å². The van der Waals surface area contributed by atoms with Gasteiger partial charge in [0.25, 0.3) is 0 Å².